The van der Waals surface area contributed by atoms with Crippen molar-refractivity contribution in [2.75, 3.05) is 7.05 Å². The third kappa shape index (κ3) is 2.57. The van der Waals surface area contributed by atoms with E-state index in [1.165, 1.54) is 0 Å². The second kappa shape index (κ2) is 4.07. The van der Waals surface area contributed by atoms with Crippen LogP contribution in [-0.4, -0.2) is 18.1 Å². The number of carbonyl (C=O) groups is 1. The normalized spacial score (nSPS) is 12.5. The minimum Gasteiger partial charge on any atom is -0.361 e. The summed E-state index contributed by atoms with van der Waals surface area (Å²) in [6.07, 6.45) is 0.447. The molecule has 1 unspecified atom stereocenters. The number of carbonyl (C=O) groups excluding carboxylic acids is 1. The minimum atomic E-state index is 0.0214. The second-order valence-electron chi connectivity index (χ2n) is 3.14. The van der Waals surface area contributed by atoms with Gasteiger partial charge < -0.3 is 9.84 Å². The first kappa shape index (κ1) is 9.77. The molecule has 1 aromatic heterocycles. The number of amides is 1. The van der Waals surface area contributed by atoms with Gasteiger partial charge in [-0.15, -0.1) is 0 Å². The lowest BCUT2D eigenvalue weighted by Crippen LogP contribution is -2.19. The van der Waals surface area contributed by atoms with Gasteiger partial charge in [-0.25, -0.2) is 0 Å². The van der Waals surface area contributed by atoms with Crippen molar-refractivity contribution in [2.45, 2.75) is 26.2 Å². The van der Waals surface area contributed by atoms with Crippen molar-refractivity contribution >= 4 is 5.91 Å². The van der Waals surface area contributed by atoms with E-state index in [9.17, 15) is 4.79 Å². The van der Waals surface area contributed by atoms with Crippen LogP contribution in [0.5, 0.6) is 0 Å². The Morgan fingerprint density at radius 2 is 2.46 bits per heavy atom. The van der Waals surface area contributed by atoms with E-state index in [4.69, 9.17) is 4.52 Å². The monoisotopic (exact) mass is 182 g/mol. The number of rotatable bonds is 3. The number of aromatic nitrogens is 1. The SMILES string of the molecule is CNC(=O)CC(C)c1cc(C)on1. The van der Waals surface area contributed by atoms with Gasteiger partial charge in [-0.05, 0) is 6.92 Å². The van der Waals surface area contributed by atoms with Gasteiger partial charge in [0.15, 0.2) is 0 Å². The molecule has 0 fully saturated rings. The molecule has 1 N–H and O–H groups in total. The molecular weight excluding hydrogens is 168 g/mol. The molecule has 1 rings (SSSR count). The number of aryl methyl sites for hydroxylation is 1. The summed E-state index contributed by atoms with van der Waals surface area (Å²) in [7, 11) is 1.63. The summed E-state index contributed by atoms with van der Waals surface area (Å²) in [6.45, 7) is 3.79. The summed E-state index contributed by atoms with van der Waals surface area (Å²) in [5.41, 5.74) is 0.834. The molecule has 0 saturated carbocycles. The summed E-state index contributed by atoms with van der Waals surface area (Å²) >= 11 is 0. The van der Waals surface area contributed by atoms with E-state index >= 15 is 0 Å². The van der Waals surface area contributed by atoms with Crippen LogP contribution in [-0.2, 0) is 4.79 Å². The molecule has 1 aromatic rings. The van der Waals surface area contributed by atoms with Crippen molar-refractivity contribution in [2.24, 2.45) is 0 Å². The topological polar surface area (TPSA) is 55.1 Å². The van der Waals surface area contributed by atoms with Gasteiger partial charge in [0.1, 0.15) is 5.76 Å². The Labute approximate surface area is 77.3 Å². The van der Waals surface area contributed by atoms with Gasteiger partial charge in [0.25, 0.3) is 0 Å². The molecule has 0 saturated heterocycles. The lowest BCUT2D eigenvalue weighted by molar-refractivity contribution is -0.120. The molecule has 1 amide bonds. The van der Waals surface area contributed by atoms with Gasteiger partial charge >= 0.3 is 0 Å². The number of nitrogens with zero attached hydrogens (tertiary/aromatic N) is 1. The molecule has 13 heavy (non-hydrogen) atoms. The largest absolute Gasteiger partial charge is 0.361 e. The molecule has 0 bridgehead atoms. The smallest absolute Gasteiger partial charge is 0.220 e. The molecule has 1 atom stereocenters. The highest BCUT2D eigenvalue weighted by molar-refractivity contribution is 5.76. The fourth-order valence-corrected chi connectivity index (χ4v) is 1.10. The van der Waals surface area contributed by atoms with Crippen molar-refractivity contribution in [1.29, 1.82) is 0 Å². The van der Waals surface area contributed by atoms with Crippen LogP contribution in [0.4, 0.5) is 0 Å². The maximum absolute atomic E-state index is 11.0. The lowest BCUT2D eigenvalue weighted by Gasteiger charge is -2.05. The maximum atomic E-state index is 11.0. The predicted octanol–water partition coefficient (Wildman–Crippen LogP) is 1.22. The Hall–Kier alpha value is -1.32. The van der Waals surface area contributed by atoms with E-state index in [1.807, 2.05) is 19.9 Å². The Bertz CT molecular complexity index is 294. The zero-order valence-corrected chi connectivity index (χ0v) is 8.13. The van der Waals surface area contributed by atoms with Crippen molar-refractivity contribution in [3.05, 3.63) is 17.5 Å². The Kier molecular flexibility index (Phi) is 3.06. The van der Waals surface area contributed by atoms with Crippen LogP contribution in [0.2, 0.25) is 0 Å². The fraction of sp³-hybridized carbons (Fsp3) is 0.556. The van der Waals surface area contributed by atoms with Crippen molar-refractivity contribution in [3.8, 4) is 0 Å². The van der Waals surface area contributed by atoms with E-state index in [-0.39, 0.29) is 11.8 Å². The van der Waals surface area contributed by atoms with Gasteiger partial charge in [-0.3, -0.25) is 4.79 Å². The molecule has 1 heterocycles. The minimum absolute atomic E-state index is 0.0214. The van der Waals surface area contributed by atoms with Crippen LogP contribution in [0.15, 0.2) is 10.6 Å². The summed E-state index contributed by atoms with van der Waals surface area (Å²) in [4.78, 5) is 11.0. The average molecular weight is 182 g/mol. The van der Waals surface area contributed by atoms with Crippen molar-refractivity contribution in [1.82, 2.24) is 10.5 Å². The van der Waals surface area contributed by atoms with E-state index < -0.39 is 0 Å². The van der Waals surface area contributed by atoms with Crippen molar-refractivity contribution in [3.63, 3.8) is 0 Å². The molecule has 4 nitrogen and oxygen atoms in total. The molecule has 72 valence electrons. The Morgan fingerprint density at radius 3 is 2.92 bits per heavy atom. The summed E-state index contributed by atoms with van der Waals surface area (Å²) < 4.78 is 4.92. The third-order valence-corrected chi connectivity index (χ3v) is 1.92. The van der Waals surface area contributed by atoms with Gasteiger partial charge in [0.2, 0.25) is 5.91 Å². The quantitative estimate of drug-likeness (QED) is 0.764. The molecule has 0 aliphatic carbocycles. The number of hydrogen-bond acceptors (Lipinski definition) is 3. The highest BCUT2D eigenvalue weighted by Gasteiger charge is 2.13. The first-order valence-electron chi connectivity index (χ1n) is 4.27. The first-order valence-corrected chi connectivity index (χ1v) is 4.27. The van der Waals surface area contributed by atoms with Crippen LogP contribution in [0, 0.1) is 6.92 Å². The summed E-state index contributed by atoms with van der Waals surface area (Å²) in [5, 5.41) is 6.42. The number of nitrogens with one attached hydrogen (secondary N) is 1. The summed E-state index contributed by atoms with van der Waals surface area (Å²) in [5.74, 6) is 0.907. The molecule has 0 radical (unpaired) electrons. The van der Waals surface area contributed by atoms with Gasteiger partial charge in [0.05, 0.1) is 5.69 Å². The Balaban J connectivity index is 2.58. The van der Waals surface area contributed by atoms with Gasteiger partial charge in [0, 0.05) is 25.5 Å². The zero-order chi connectivity index (χ0) is 9.84. The molecule has 0 aromatic carbocycles. The average Bonchev–Trinajstić information content (AvgIpc) is 2.51. The van der Waals surface area contributed by atoms with Crippen LogP contribution < -0.4 is 5.32 Å². The Morgan fingerprint density at radius 1 is 1.77 bits per heavy atom. The van der Waals surface area contributed by atoms with Gasteiger partial charge in [-0.2, -0.15) is 0 Å². The maximum Gasteiger partial charge on any atom is 0.220 e. The second-order valence-corrected chi connectivity index (χ2v) is 3.14. The van der Waals surface area contributed by atoms with Crippen LogP contribution in [0.1, 0.15) is 30.7 Å². The molecule has 4 heteroatoms. The summed E-state index contributed by atoms with van der Waals surface area (Å²) in [6, 6.07) is 1.85. The zero-order valence-electron chi connectivity index (χ0n) is 8.13. The first-order chi connectivity index (χ1) is 6.13. The molecule has 0 aliphatic rings. The van der Waals surface area contributed by atoms with Crippen LogP contribution >= 0.6 is 0 Å². The third-order valence-electron chi connectivity index (χ3n) is 1.92. The molecule has 0 aliphatic heterocycles. The van der Waals surface area contributed by atoms with Crippen LogP contribution in [0.3, 0.4) is 0 Å². The van der Waals surface area contributed by atoms with Crippen molar-refractivity contribution < 1.29 is 9.32 Å². The highest BCUT2D eigenvalue weighted by atomic mass is 16.5. The number of hydrogen-bond donors (Lipinski definition) is 1. The van der Waals surface area contributed by atoms with E-state index in [2.05, 4.69) is 10.5 Å². The predicted molar refractivity (Wildman–Crippen MR) is 48.3 cm³/mol. The van der Waals surface area contributed by atoms with Gasteiger partial charge in [-0.1, -0.05) is 12.1 Å². The fourth-order valence-electron chi connectivity index (χ4n) is 1.10. The van der Waals surface area contributed by atoms with Crippen LogP contribution in [0.25, 0.3) is 0 Å². The molecular formula is C9H14N2O2. The lowest BCUT2D eigenvalue weighted by atomic mass is 10.0. The standard InChI is InChI=1S/C9H14N2O2/c1-6(4-9(12)10-3)8-5-7(2)13-11-8/h5-6H,4H2,1-3H3,(H,10,12). The van der Waals surface area contributed by atoms with E-state index in [0.29, 0.717) is 6.42 Å². The highest BCUT2D eigenvalue weighted by Crippen LogP contribution is 2.17. The molecule has 0 spiro atoms. The van der Waals surface area contributed by atoms with E-state index in [1.54, 1.807) is 7.05 Å². The van der Waals surface area contributed by atoms with E-state index in [0.717, 1.165) is 11.5 Å².